The van der Waals surface area contributed by atoms with Gasteiger partial charge in [0.15, 0.2) is 0 Å². The standard InChI is InChI=1S/C9H8Cl2N2OS/c1-13-7(6(11)4-12-13)8(14)9-5(10)2-3-15-9/h2-4,8,14H,1H3. The molecular formula is C9H8Cl2N2OS. The minimum Gasteiger partial charge on any atom is -0.381 e. The third-order valence-electron chi connectivity index (χ3n) is 2.09. The van der Waals surface area contributed by atoms with Gasteiger partial charge in [-0.15, -0.1) is 11.3 Å². The van der Waals surface area contributed by atoms with Crippen molar-refractivity contribution in [1.82, 2.24) is 9.78 Å². The number of aromatic nitrogens is 2. The molecule has 0 radical (unpaired) electrons. The first-order valence-corrected chi connectivity index (χ1v) is 5.83. The van der Waals surface area contributed by atoms with E-state index in [1.807, 2.05) is 5.38 Å². The highest BCUT2D eigenvalue weighted by Gasteiger charge is 2.21. The summed E-state index contributed by atoms with van der Waals surface area (Å²) in [7, 11) is 1.73. The highest BCUT2D eigenvalue weighted by atomic mass is 35.5. The molecule has 1 atom stereocenters. The lowest BCUT2D eigenvalue weighted by molar-refractivity contribution is 0.213. The molecule has 0 aliphatic rings. The minimum absolute atomic E-state index is 0.439. The Morgan fingerprint density at radius 2 is 2.20 bits per heavy atom. The molecule has 6 heteroatoms. The van der Waals surface area contributed by atoms with Gasteiger partial charge in [0.25, 0.3) is 0 Å². The van der Waals surface area contributed by atoms with Crippen molar-refractivity contribution in [3.63, 3.8) is 0 Å². The van der Waals surface area contributed by atoms with Crippen molar-refractivity contribution in [1.29, 1.82) is 0 Å². The Morgan fingerprint density at radius 1 is 1.47 bits per heavy atom. The van der Waals surface area contributed by atoms with Crippen molar-refractivity contribution in [2.75, 3.05) is 0 Å². The Kier molecular flexibility index (Phi) is 3.02. The normalized spacial score (nSPS) is 13.1. The second-order valence-electron chi connectivity index (χ2n) is 3.04. The fourth-order valence-electron chi connectivity index (χ4n) is 1.35. The molecule has 1 N–H and O–H groups in total. The monoisotopic (exact) mass is 262 g/mol. The molecule has 80 valence electrons. The van der Waals surface area contributed by atoms with Gasteiger partial charge in [0.05, 0.1) is 26.8 Å². The van der Waals surface area contributed by atoms with Crippen LogP contribution in [0.5, 0.6) is 0 Å². The van der Waals surface area contributed by atoms with Crippen LogP contribution in [-0.2, 0) is 7.05 Å². The number of aryl methyl sites for hydroxylation is 1. The lowest BCUT2D eigenvalue weighted by Crippen LogP contribution is -2.06. The number of halogens is 2. The average Bonchev–Trinajstić information content (AvgIpc) is 2.73. The molecule has 3 nitrogen and oxygen atoms in total. The van der Waals surface area contributed by atoms with Crippen molar-refractivity contribution in [2.24, 2.45) is 7.05 Å². The van der Waals surface area contributed by atoms with E-state index >= 15 is 0 Å². The van der Waals surface area contributed by atoms with Crippen LogP contribution in [0.2, 0.25) is 10.0 Å². The maximum atomic E-state index is 10.1. The first-order valence-electron chi connectivity index (χ1n) is 4.19. The molecule has 1 unspecified atom stereocenters. The Hall–Kier alpha value is -0.550. The topological polar surface area (TPSA) is 38.0 Å². The Labute approximate surface area is 101 Å². The maximum absolute atomic E-state index is 10.1. The smallest absolute Gasteiger partial charge is 0.133 e. The van der Waals surface area contributed by atoms with Crippen LogP contribution >= 0.6 is 34.5 Å². The Balaban J connectivity index is 2.45. The number of aliphatic hydroxyl groups is 1. The quantitative estimate of drug-likeness (QED) is 0.904. The van der Waals surface area contributed by atoms with Crippen molar-refractivity contribution in [2.45, 2.75) is 6.10 Å². The summed E-state index contributed by atoms with van der Waals surface area (Å²) in [5, 5.41) is 16.9. The lowest BCUT2D eigenvalue weighted by Gasteiger charge is -2.10. The molecular weight excluding hydrogens is 255 g/mol. The van der Waals surface area contributed by atoms with Gasteiger partial charge in [0.2, 0.25) is 0 Å². The van der Waals surface area contributed by atoms with Gasteiger partial charge < -0.3 is 5.11 Å². The van der Waals surface area contributed by atoms with Gasteiger partial charge in [0.1, 0.15) is 6.10 Å². The van der Waals surface area contributed by atoms with E-state index in [0.717, 1.165) is 0 Å². The van der Waals surface area contributed by atoms with Crippen LogP contribution in [-0.4, -0.2) is 14.9 Å². The van der Waals surface area contributed by atoms with E-state index in [1.165, 1.54) is 17.5 Å². The van der Waals surface area contributed by atoms with Crippen LogP contribution in [0, 0.1) is 0 Å². The van der Waals surface area contributed by atoms with Crippen LogP contribution < -0.4 is 0 Å². The summed E-state index contributed by atoms with van der Waals surface area (Å²) in [6, 6.07) is 1.75. The van der Waals surface area contributed by atoms with Gasteiger partial charge in [-0.3, -0.25) is 4.68 Å². The highest BCUT2D eigenvalue weighted by molar-refractivity contribution is 7.10. The number of rotatable bonds is 2. The van der Waals surface area contributed by atoms with Gasteiger partial charge in [-0.2, -0.15) is 5.10 Å². The summed E-state index contributed by atoms with van der Waals surface area (Å²) in [5.74, 6) is 0. The van der Waals surface area contributed by atoms with Gasteiger partial charge >= 0.3 is 0 Å². The predicted octanol–water partition coefficient (Wildman–Crippen LogP) is 2.87. The molecule has 2 aromatic heterocycles. The number of hydrogen-bond acceptors (Lipinski definition) is 3. The van der Waals surface area contributed by atoms with E-state index < -0.39 is 6.10 Å². The molecule has 0 fully saturated rings. The molecule has 0 amide bonds. The zero-order valence-electron chi connectivity index (χ0n) is 7.82. The molecule has 0 aromatic carbocycles. The van der Waals surface area contributed by atoms with Crippen molar-refractivity contribution < 1.29 is 5.11 Å². The molecule has 0 bridgehead atoms. The number of aliphatic hydroxyl groups excluding tert-OH is 1. The first-order chi connectivity index (χ1) is 7.11. The molecule has 2 heterocycles. The average molecular weight is 263 g/mol. The highest BCUT2D eigenvalue weighted by Crippen LogP contribution is 2.35. The van der Waals surface area contributed by atoms with E-state index in [0.29, 0.717) is 20.6 Å². The van der Waals surface area contributed by atoms with Crippen LogP contribution in [0.4, 0.5) is 0 Å². The molecule has 0 aliphatic heterocycles. The summed E-state index contributed by atoms with van der Waals surface area (Å²) < 4.78 is 1.54. The van der Waals surface area contributed by atoms with Crippen LogP contribution in [0.1, 0.15) is 16.7 Å². The van der Waals surface area contributed by atoms with Crippen LogP contribution in [0.25, 0.3) is 0 Å². The SMILES string of the molecule is Cn1ncc(Cl)c1C(O)c1sccc1Cl. The Bertz CT molecular complexity index is 461. The van der Waals surface area contributed by atoms with Crippen LogP contribution in [0.15, 0.2) is 17.6 Å². The minimum atomic E-state index is -0.822. The van der Waals surface area contributed by atoms with Crippen molar-refractivity contribution in [3.8, 4) is 0 Å². The van der Waals surface area contributed by atoms with E-state index in [1.54, 1.807) is 17.8 Å². The number of hydrogen-bond donors (Lipinski definition) is 1. The molecule has 0 saturated carbocycles. The van der Waals surface area contributed by atoms with E-state index in [2.05, 4.69) is 5.10 Å². The third kappa shape index (κ3) is 1.90. The van der Waals surface area contributed by atoms with E-state index in [4.69, 9.17) is 23.2 Å². The second kappa shape index (κ2) is 4.14. The third-order valence-corrected chi connectivity index (χ3v) is 3.79. The molecule has 2 aromatic rings. The molecule has 2 rings (SSSR count). The Morgan fingerprint density at radius 3 is 2.67 bits per heavy atom. The van der Waals surface area contributed by atoms with E-state index in [-0.39, 0.29) is 0 Å². The molecule has 15 heavy (non-hydrogen) atoms. The van der Waals surface area contributed by atoms with Gasteiger partial charge in [0, 0.05) is 7.05 Å². The summed E-state index contributed by atoms with van der Waals surface area (Å²) in [6.07, 6.45) is 0.680. The summed E-state index contributed by atoms with van der Waals surface area (Å²) in [4.78, 5) is 0.683. The maximum Gasteiger partial charge on any atom is 0.133 e. The van der Waals surface area contributed by atoms with Gasteiger partial charge in [-0.05, 0) is 11.4 Å². The van der Waals surface area contributed by atoms with Crippen molar-refractivity contribution >= 4 is 34.5 Å². The van der Waals surface area contributed by atoms with Gasteiger partial charge in [-0.1, -0.05) is 23.2 Å². The van der Waals surface area contributed by atoms with E-state index in [9.17, 15) is 5.11 Å². The largest absolute Gasteiger partial charge is 0.381 e. The summed E-state index contributed by atoms with van der Waals surface area (Å²) >= 11 is 13.3. The molecule has 0 saturated heterocycles. The van der Waals surface area contributed by atoms with Crippen LogP contribution in [0.3, 0.4) is 0 Å². The number of thiophene rings is 1. The fourth-order valence-corrected chi connectivity index (χ4v) is 2.77. The van der Waals surface area contributed by atoms with Gasteiger partial charge in [-0.25, -0.2) is 0 Å². The summed E-state index contributed by atoms with van der Waals surface area (Å²) in [5.41, 5.74) is 0.556. The lowest BCUT2D eigenvalue weighted by atomic mass is 10.2. The second-order valence-corrected chi connectivity index (χ2v) is 4.80. The molecule has 0 spiro atoms. The zero-order valence-corrected chi connectivity index (χ0v) is 10.1. The molecule has 0 aliphatic carbocycles. The first kappa shape index (κ1) is 11.0. The van der Waals surface area contributed by atoms with Crippen molar-refractivity contribution in [3.05, 3.63) is 38.3 Å². The fraction of sp³-hybridized carbons (Fsp3) is 0.222. The summed E-state index contributed by atoms with van der Waals surface area (Å²) in [6.45, 7) is 0. The predicted molar refractivity (Wildman–Crippen MR) is 61.6 cm³/mol. The zero-order chi connectivity index (χ0) is 11.0. The number of nitrogens with zero attached hydrogens (tertiary/aromatic N) is 2.